The van der Waals surface area contributed by atoms with Gasteiger partial charge in [0.25, 0.3) is 11.5 Å². The number of hydrogen-bond donors (Lipinski definition) is 0. The number of carbonyl (C=O) groups is 1. The molecule has 1 atom stereocenters. The summed E-state index contributed by atoms with van der Waals surface area (Å²) in [6.07, 6.45) is 0. The monoisotopic (exact) mass is 611 g/mol. The lowest BCUT2D eigenvalue weighted by atomic mass is 10.1. The zero-order valence-corrected chi connectivity index (χ0v) is 24.9. The lowest BCUT2D eigenvalue weighted by Crippen LogP contribution is -2.35. The van der Waals surface area contributed by atoms with E-state index >= 15 is 0 Å². The van der Waals surface area contributed by atoms with Gasteiger partial charge in [-0.1, -0.05) is 12.1 Å². The van der Waals surface area contributed by atoms with Gasteiger partial charge >= 0.3 is 0 Å². The normalized spacial score (nSPS) is 11.6. The first-order chi connectivity index (χ1) is 19.2. The molecule has 0 saturated heterocycles. The molecule has 0 fully saturated rings. The summed E-state index contributed by atoms with van der Waals surface area (Å²) in [5.74, 6) is 2.01. The molecule has 0 aliphatic heterocycles. The lowest BCUT2D eigenvalue weighted by molar-refractivity contribution is 0.0734. The van der Waals surface area contributed by atoms with Gasteiger partial charge in [0.2, 0.25) is 5.75 Å². The molecule has 10 nitrogen and oxygen atoms in total. The summed E-state index contributed by atoms with van der Waals surface area (Å²) in [4.78, 5) is 34.1. The quantitative estimate of drug-likeness (QED) is 0.260. The Morgan fingerprint density at radius 1 is 0.900 bits per heavy atom. The van der Waals surface area contributed by atoms with Gasteiger partial charge in [0.15, 0.2) is 11.5 Å². The van der Waals surface area contributed by atoms with Gasteiger partial charge in [0, 0.05) is 24.7 Å². The summed E-state index contributed by atoms with van der Waals surface area (Å²) in [6, 6.07) is 13.0. The van der Waals surface area contributed by atoms with E-state index in [9.17, 15) is 9.59 Å². The summed E-state index contributed by atoms with van der Waals surface area (Å²) in [7, 11) is 9.15. The fourth-order valence-corrected chi connectivity index (χ4v) is 4.98. The Bertz CT molecular complexity index is 1610. The van der Waals surface area contributed by atoms with Crippen LogP contribution in [0.5, 0.6) is 28.7 Å². The number of benzene rings is 3. The van der Waals surface area contributed by atoms with Crippen LogP contribution in [0.25, 0.3) is 16.6 Å². The maximum atomic E-state index is 14.0. The molecule has 0 bridgehead atoms. The Morgan fingerprint density at radius 2 is 1.52 bits per heavy atom. The van der Waals surface area contributed by atoms with Crippen molar-refractivity contribution >= 4 is 32.7 Å². The van der Waals surface area contributed by atoms with Gasteiger partial charge in [-0.05, 0) is 47.1 Å². The zero-order chi connectivity index (χ0) is 29.1. The third-order valence-corrected chi connectivity index (χ3v) is 7.48. The molecule has 4 rings (SSSR count). The number of halogens is 1. The summed E-state index contributed by atoms with van der Waals surface area (Å²) in [5.41, 5.74) is 0.958. The van der Waals surface area contributed by atoms with E-state index in [1.54, 1.807) is 56.4 Å². The Labute approximate surface area is 240 Å². The maximum absolute atomic E-state index is 14.0. The number of rotatable bonds is 9. The van der Waals surface area contributed by atoms with Crippen molar-refractivity contribution in [3.63, 3.8) is 0 Å². The van der Waals surface area contributed by atoms with Crippen molar-refractivity contribution in [1.29, 1.82) is 0 Å². The van der Waals surface area contributed by atoms with Gasteiger partial charge < -0.3 is 28.6 Å². The predicted octanol–water partition coefficient (Wildman–Crippen LogP) is 5.02. The van der Waals surface area contributed by atoms with Gasteiger partial charge in [-0.3, -0.25) is 14.2 Å². The van der Waals surface area contributed by atoms with Crippen molar-refractivity contribution in [1.82, 2.24) is 14.5 Å². The van der Waals surface area contributed by atoms with Gasteiger partial charge in [-0.2, -0.15) is 0 Å². The smallest absolute Gasteiger partial charge is 0.266 e. The molecule has 1 amide bonds. The van der Waals surface area contributed by atoms with Crippen LogP contribution < -0.4 is 29.2 Å². The van der Waals surface area contributed by atoms with Crippen LogP contribution in [0.15, 0.2) is 57.8 Å². The minimum atomic E-state index is -0.659. The van der Waals surface area contributed by atoms with Crippen molar-refractivity contribution in [3.8, 4) is 34.4 Å². The van der Waals surface area contributed by atoms with E-state index in [-0.39, 0.29) is 11.5 Å². The molecule has 1 unspecified atom stereocenters. The Hall–Kier alpha value is -4.25. The van der Waals surface area contributed by atoms with Gasteiger partial charge in [-0.25, -0.2) is 4.98 Å². The molecule has 0 N–H and O–H groups in total. The number of amides is 1. The van der Waals surface area contributed by atoms with Crippen LogP contribution >= 0.6 is 15.9 Å². The molecule has 210 valence electrons. The summed E-state index contributed by atoms with van der Waals surface area (Å²) in [6.45, 7) is 1.80. The van der Waals surface area contributed by atoms with E-state index in [4.69, 9.17) is 28.7 Å². The number of fused-ring (bicyclic) bond motifs is 1. The average molecular weight is 612 g/mol. The summed E-state index contributed by atoms with van der Waals surface area (Å²) < 4.78 is 29.2. The van der Waals surface area contributed by atoms with Crippen LogP contribution in [0.1, 0.15) is 29.1 Å². The molecule has 0 spiro atoms. The third-order valence-electron chi connectivity index (χ3n) is 6.68. The molecule has 0 radical (unpaired) electrons. The number of para-hydroxylation sites is 1. The number of hydrogen-bond acceptors (Lipinski definition) is 8. The first-order valence-corrected chi connectivity index (χ1v) is 13.0. The number of nitrogens with zero attached hydrogens (tertiary/aromatic N) is 3. The molecule has 0 saturated carbocycles. The second-order valence-electron chi connectivity index (χ2n) is 8.80. The van der Waals surface area contributed by atoms with Crippen LogP contribution in [0.2, 0.25) is 0 Å². The van der Waals surface area contributed by atoms with Crippen molar-refractivity contribution in [2.75, 3.05) is 42.6 Å². The molecule has 3 aromatic carbocycles. The van der Waals surface area contributed by atoms with Crippen LogP contribution in [0.4, 0.5) is 0 Å². The highest BCUT2D eigenvalue weighted by Gasteiger charge is 2.28. The number of ether oxygens (including phenoxy) is 5. The van der Waals surface area contributed by atoms with Crippen molar-refractivity contribution in [2.45, 2.75) is 13.0 Å². The Kier molecular flexibility index (Phi) is 8.53. The predicted molar refractivity (Wildman–Crippen MR) is 155 cm³/mol. The van der Waals surface area contributed by atoms with E-state index in [0.717, 1.165) is 0 Å². The standard InChI is InChI=1S/C29H30BrN3O7/c1-16(32(2)28(34)17-12-23(38-5)26(40-7)24(13-17)39-6)27-31-20-11-9-8-10-19(20)29(35)33(27)21-14-18(36-3)15-22(37-4)25(21)30/h8-16H,1-7H3. The van der Waals surface area contributed by atoms with Crippen LogP contribution in [0.3, 0.4) is 0 Å². The Morgan fingerprint density at radius 3 is 2.10 bits per heavy atom. The molecule has 0 aliphatic rings. The minimum absolute atomic E-state index is 0.308. The molecule has 40 heavy (non-hydrogen) atoms. The Balaban J connectivity index is 1.92. The summed E-state index contributed by atoms with van der Waals surface area (Å²) >= 11 is 3.58. The molecular weight excluding hydrogens is 582 g/mol. The zero-order valence-electron chi connectivity index (χ0n) is 23.3. The highest BCUT2D eigenvalue weighted by Crippen LogP contribution is 2.39. The number of aromatic nitrogens is 2. The van der Waals surface area contributed by atoms with Gasteiger partial charge in [0.05, 0.1) is 62.7 Å². The van der Waals surface area contributed by atoms with Gasteiger partial charge in [-0.15, -0.1) is 0 Å². The van der Waals surface area contributed by atoms with E-state index in [2.05, 4.69) is 15.9 Å². The SMILES string of the molecule is COc1cc(OC)c(Br)c(-n2c(C(C)N(C)C(=O)c3cc(OC)c(OC)c(OC)c3)nc3ccccc3c2=O)c1. The van der Waals surface area contributed by atoms with Crippen LogP contribution in [-0.4, -0.2) is 63.0 Å². The van der Waals surface area contributed by atoms with Crippen molar-refractivity contribution < 1.29 is 28.5 Å². The molecule has 1 aromatic heterocycles. The molecule has 4 aromatic rings. The first kappa shape index (κ1) is 28.8. The van der Waals surface area contributed by atoms with Crippen molar-refractivity contribution in [3.05, 3.63) is 74.7 Å². The van der Waals surface area contributed by atoms with E-state index in [0.29, 0.717) is 61.2 Å². The second kappa shape index (κ2) is 11.9. The van der Waals surface area contributed by atoms with Crippen LogP contribution in [-0.2, 0) is 0 Å². The molecule has 11 heteroatoms. The van der Waals surface area contributed by atoms with E-state index < -0.39 is 6.04 Å². The number of carbonyl (C=O) groups excluding carboxylic acids is 1. The lowest BCUT2D eigenvalue weighted by Gasteiger charge is -2.28. The third kappa shape index (κ3) is 5.04. The molecule has 0 aliphatic carbocycles. The van der Waals surface area contributed by atoms with Crippen LogP contribution in [0, 0.1) is 0 Å². The highest BCUT2D eigenvalue weighted by atomic mass is 79.9. The minimum Gasteiger partial charge on any atom is -0.497 e. The highest BCUT2D eigenvalue weighted by molar-refractivity contribution is 9.10. The first-order valence-electron chi connectivity index (χ1n) is 12.2. The largest absolute Gasteiger partial charge is 0.497 e. The molecule has 1 heterocycles. The van der Waals surface area contributed by atoms with E-state index in [1.807, 2.05) is 6.07 Å². The average Bonchev–Trinajstić information content (AvgIpc) is 2.99. The van der Waals surface area contributed by atoms with E-state index in [1.165, 1.54) is 45.0 Å². The molecular formula is C29H30BrN3O7. The summed E-state index contributed by atoms with van der Waals surface area (Å²) in [5, 5.41) is 0.422. The second-order valence-corrected chi connectivity index (χ2v) is 9.59. The van der Waals surface area contributed by atoms with Gasteiger partial charge in [0.1, 0.15) is 17.3 Å². The fourth-order valence-electron chi connectivity index (χ4n) is 4.41. The van der Waals surface area contributed by atoms with Crippen molar-refractivity contribution in [2.24, 2.45) is 0 Å². The maximum Gasteiger partial charge on any atom is 0.266 e. The fraction of sp³-hybridized carbons (Fsp3) is 0.276. The number of methoxy groups -OCH3 is 5. The topological polar surface area (TPSA) is 101 Å².